The second-order valence-electron chi connectivity index (χ2n) is 3.03. The molecule has 1 rings (SSSR count). The minimum atomic E-state index is -1.30. The zero-order valence-electron chi connectivity index (χ0n) is 8.16. The van der Waals surface area contributed by atoms with Gasteiger partial charge in [-0.15, -0.1) is 0 Å². The first-order valence-electron chi connectivity index (χ1n) is 4.35. The van der Waals surface area contributed by atoms with Crippen molar-refractivity contribution in [2.24, 2.45) is 0 Å². The van der Waals surface area contributed by atoms with Crippen molar-refractivity contribution < 1.29 is 15.3 Å². The Morgan fingerprint density at radius 3 is 2.19 bits per heavy atom. The molecule has 0 spiro atoms. The van der Waals surface area contributed by atoms with Crippen LogP contribution in [0.5, 0.6) is 0 Å². The zero-order chi connectivity index (χ0) is 12.3. The van der Waals surface area contributed by atoms with E-state index in [1.807, 2.05) is 0 Å². The number of hydrogen-bond donors (Lipinski definition) is 4. The lowest BCUT2D eigenvalue weighted by Crippen LogP contribution is -2.51. The molecule has 1 atom stereocenters. The summed E-state index contributed by atoms with van der Waals surface area (Å²) in [5, 5.41) is 26.4. The molecule has 0 aliphatic carbocycles. The predicted molar refractivity (Wildman–Crippen MR) is 50.9 cm³/mol. The maximum Gasteiger partial charge on any atom is 0.338 e. The van der Waals surface area contributed by atoms with Crippen molar-refractivity contribution in [1.82, 2.24) is 14.1 Å². The molecular formula is C7H11N3O6. The fraction of sp³-hybridized carbons (Fsp3) is 0.571. The van der Waals surface area contributed by atoms with Crippen molar-refractivity contribution in [3.8, 4) is 0 Å². The summed E-state index contributed by atoms with van der Waals surface area (Å²) in [7, 11) is 0. The molecule has 0 radical (unpaired) electrons. The molecule has 1 aromatic rings. The number of H-pyrrole nitrogens is 1. The van der Waals surface area contributed by atoms with Gasteiger partial charge in [-0.25, -0.2) is 23.5 Å². The lowest BCUT2D eigenvalue weighted by atomic mass is 10.4. The molecule has 0 bridgehead atoms. The molecule has 0 aliphatic heterocycles. The third-order valence-electron chi connectivity index (χ3n) is 1.91. The first-order valence-corrected chi connectivity index (χ1v) is 4.35. The molecular weight excluding hydrogens is 222 g/mol. The van der Waals surface area contributed by atoms with Gasteiger partial charge >= 0.3 is 17.1 Å². The fourth-order valence-corrected chi connectivity index (χ4v) is 1.10. The molecule has 9 heteroatoms. The van der Waals surface area contributed by atoms with Gasteiger partial charge in [0.15, 0.2) is 0 Å². The molecule has 0 saturated heterocycles. The molecule has 1 aromatic heterocycles. The lowest BCUT2D eigenvalue weighted by Gasteiger charge is -2.09. The van der Waals surface area contributed by atoms with Gasteiger partial charge in [-0.2, -0.15) is 0 Å². The highest BCUT2D eigenvalue weighted by Crippen LogP contribution is 1.82. The molecule has 0 saturated carbocycles. The quantitative estimate of drug-likeness (QED) is 0.418. The van der Waals surface area contributed by atoms with Gasteiger partial charge in [0.25, 0.3) is 0 Å². The van der Waals surface area contributed by atoms with E-state index in [-0.39, 0.29) is 0 Å². The van der Waals surface area contributed by atoms with Crippen molar-refractivity contribution in [2.75, 3.05) is 6.61 Å². The molecule has 0 aliphatic rings. The van der Waals surface area contributed by atoms with Crippen LogP contribution in [0.15, 0.2) is 14.4 Å². The van der Waals surface area contributed by atoms with Crippen molar-refractivity contribution in [3.05, 3.63) is 31.5 Å². The number of aromatic amines is 1. The molecule has 90 valence electrons. The maximum absolute atomic E-state index is 11.4. The van der Waals surface area contributed by atoms with Crippen LogP contribution in [0.1, 0.15) is 0 Å². The summed E-state index contributed by atoms with van der Waals surface area (Å²) in [5.74, 6) is 0. The predicted octanol–water partition coefficient (Wildman–Crippen LogP) is -4.00. The van der Waals surface area contributed by atoms with Gasteiger partial charge in [0.05, 0.1) is 19.3 Å². The first-order chi connectivity index (χ1) is 7.51. The lowest BCUT2D eigenvalue weighted by molar-refractivity contribution is 0.0773. The summed E-state index contributed by atoms with van der Waals surface area (Å²) in [6.07, 6.45) is -1.30. The highest BCUT2D eigenvalue weighted by molar-refractivity contribution is 4.74. The minimum absolute atomic E-state index is 0.380. The van der Waals surface area contributed by atoms with E-state index in [1.54, 1.807) is 4.98 Å². The molecule has 1 unspecified atom stereocenters. The van der Waals surface area contributed by atoms with E-state index in [1.165, 1.54) is 0 Å². The van der Waals surface area contributed by atoms with Crippen LogP contribution in [0.25, 0.3) is 0 Å². The number of rotatable bonds is 4. The second-order valence-corrected chi connectivity index (χ2v) is 3.03. The Balaban J connectivity index is 3.35. The topological polar surface area (TPSA) is 138 Å². The SMILES string of the molecule is O=c1[nH]c(=O)n(CC(O)CO)c(=O)n1CO. The second kappa shape index (κ2) is 4.88. The smallest absolute Gasteiger partial charge is 0.338 e. The van der Waals surface area contributed by atoms with Crippen molar-refractivity contribution in [3.63, 3.8) is 0 Å². The van der Waals surface area contributed by atoms with E-state index in [0.29, 0.717) is 9.13 Å². The number of nitrogens with zero attached hydrogens (tertiary/aromatic N) is 2. The Hall–Kier alpha value is -1.71. The van der Waals surface area contributed by atoms with Gasteiger partial charge in [0.2, 0.25) is 0 Å². The van der Waals surface area contributed by atoms with E-state index in [0.717, 1.165) is 0 Å². The fourth-order valence-electron chi connectivity index (χ4n) is 1.10. The standard InChI is InChI=1S/C7H11N3O6/c11-2-4(13)1-9-5(14)8-6(15)10(3-12)7(9)16/h4,11-13H,1-3H2,(H,8,14,15). The average Bonchev–Trinajstić information content (AvgIpc) is 2.24. The number of hydrogen-bond acceptors (Lipinski definition) is 6. The summed E-state index contributed by atoms with van der Waals surface area (Å²) < 4.78 is 0.893. The normalized spacial score (nSPS) is 12.7. The Morgan fingerprint density at radius 2 is 1.69 bits per heavy atom. The van der Waals surface area contributed by atoms with Crippen LogP contribution in [-0.2, 0) is 13.3 Å². The van der Waals surface area contributed by atoms with Crippen LogP contribution in [-0.4, -0.2) is 42.1 Å². The first kappa shape index (κ1) is 12.4. The largest absolute Gasteiger partial charge is 0.394 e. The van der Waals surface area contributed by atoms with Crippen LogP contribution < -0.4 is 17.1 Å². The summed E-state index contributed by atoms with van der Waals surface area (Å²) in [6.45, 7) is -1.99. The van der Waals surface area contributed by atoms with Gasteiger partial charge < -0.3 is 15.3 Å². The summed E-state index contributed by atoms with van der Waals surface area (Å²) in [6, 6.07) is 0. The van der Waals surface area contributed by atoms with E-state index in [2.05, 4.69) is 0 Å². The molecule has 0 amide bonds. The van der Waals surface area contributed by atoms with Crippen molar-refractivity contribution in [2.45, 2.75) is 19.4 Å². The monoisotopic (exact) mass is 233 g/mol. The third kappa shape index (κ3) is 2.27. The van der Waals surface area contributed by atoms with Crippen LogP contribution in [0.2, 0.25) is 0 Å². The molecule has 9 nitrogen and oxygen atoms in total. The van der Waals surface area contributed by atoms with Crippen LogP contribution in [0.4, 0.5) is 0 Å². The molecule has 4 N–H and O–H groups in total. The number of nitrogens with one attached hydrogen (secondary N) is 1. The van der Waals surface area contributed by atoms with Gasteiger partial charge in [0.1, 0.15) is 6.73 Å². The number of aliphatic hydroxyl groups excluding tert-OH is 3. The molecule has 0 aromatic carbocycles. The molecule has 1 heterocycles. The van der Waals surface area contributed by atoms with Crippen molar-refractivity contribution >= 4 is 0 Å². The van der Waals surface area contributed by atoms with E-state index in [9.17, 15) is 14.4 Å². The van der Waals surface area contributed by atoms with Gasteiger partial charge in [-0.05, 0) is 0 Å². The summed E-state index contributed by atoms with van der Waals surface area (Å²) in [5.41, 5.74) is -3.09. The van der Waals surface area contributed by atoms with Crippen LogP contribution in [0, 0.1) is 0 Å². The van der Waals surface area contributed by atoms with Crippen LogP contribution >= 0.6 is 0 Å². The van der Waals surface area contributed by atoms with E-state index >= 15 is 0 Å². The zero-order valence-corrected chi connectivity index (χ0v) is 8.16. The Morgan fingerprint density at radius 1 is 1.12 bits per heavy atom. The van der Waals surface area contributed by atoms with Crippen LogP contribution in [0.3, 0.4) is 0 Å². The molecule has 16 heavy (non-hydrogen) atoms. The third-order valence-corrected chi connectivity index (χ3v) is 1.91. The van der Waals surface area contributed by atoms with Crippen molar-refractivity contribution in [1.29, 1.82) is 0 Å². The van der Waals surface area contributed by atoms with E-state index < -0.39 is 43.1 Å². The van der Waals surface area contributed by atoms with E-state index in [4.69, 9.17) is 15.3 Å². The number of aliphatic hydroxyl groups is 3. The Bertz CT molecular complexity index is 526. The highest BCUT2D eigenvalue weighted by Gasteiger charge is 2.12. The summed E-state index contributed by atoms with van der Waals surface area (Å²) in [4.78, 5) is 35.5. The number of aromatic nitrogens is 3. The van der Waals surface area contributed by atoms with Gasteiger partial charge in [0, 0.05) is 0 Å². The average molecular weight is 233 g/mol. The Kier molecular flexibility index (Phi) is 3.77. The summed E-state index contributed by atoms with van der Waals surface area (Å²) >= 11 is 0. The maximum atomic E-state index is 11.4. The van der Waals surface area contributed by atoms with Gasteiger partial charge in [-0.1, -0.05) is 0 Å². The molecule has 0 fully saturated rings. The minimum Gasteiger partial charge on any atom is -0.394 e. The highest BCUT2D eigenvalue weighted by atomic mass is 16.3. The van der Waals surface area contributed by atoms with Gasteiger partial charge in [-0.3, -0.25) is 4.98 Å². The Labute approximate surface area is 87.8 Å².